The van der Waals surface area contributed by atoms with Crippen LogP contribution in [0.15, 0.2) is 119 Å². The molecule has 5 aromatic rings. The van der Waals surface area contributed by atoms with Gasteiger partial charge < -0.3 is 14.2 Å². The normalized spacial score (nSPS) is 11.7. The van der Waals surface area contributed by atoms with Gasteiger partial charge in [0.25, 0.3) is 0 Å². The van der Waals surface area contributed by atoms with E-state index < -0.39 is 6.61 Å². The monoisotopic (exact) mass is 543 g/mol. The number of hydrogen-bond acceptors (Lipinski definition) is 6. The minimum absolute atomic E-state index is 0.0809. The Kier molecular flexibility index (Phi) is 8.09. The fraction of sp³-hybridized carbons (Fsp3) is 0.0667. The van der Waals surface area contributed by atoms with Crippen LogP contribution in [-0.2, 0) is 0 Å². The molecule has 1 heterocycles. The molecule has 0 radical (unpaired) electrons. The van der Waals surface area contributed by atoms with E-state index in [0.29, 0.717) is 10.6 Å². The van der Waals surface area contributed by atoms with Crippen LogP contribution in [-0.4, -0.2) is 24.6 Å². The van der Waals surface area contributed by atoms with Crippen molar-refractivity contribution in [2.24, 2.45) is 10.1 Å². The number of halogens is 2. The van der Waals surface area contributed by atoms with Crippen LogP contribution in [0.4, 0.5) is 14.5 Å². The highest BCUT2D eigenvalue weighted by Gasteiger charge is 2.10. The average molecular weight is 544 g/mol. The Labute approximate surface area is 227 Å². The van der Waals surface area contributed by atoms with Crippen molar-refractivity contribution in [2.45, 2.75) is 6.61 Å². The van der Waals surface area contributed by atoms with E-state index in [-0.39, 0.29) is 5.75 Å². The Morgan fingerprint density at radius 2 is 1.51 bits per heavy atom. The lowest BCUT2D eigenvalue weighted by molar-refractivity contribution is -0.0498. The van der Waals surface area contributed by atoms with Crippen molar-refractivity contribution in [1.82, 2.24) is 4.68 Å². The van der Waals surface area contributed by atoms with E-state index in [9.17, 15) is 8.78 Å². The Balaban J connectivity index is 1.50. The average Bonchev–Trinajstić information content (AvgIpc) is 3.35. The fourth-order valence-electron chi connectivity index (χ4n) is 3.67. The van der Waals surface area contributed by atoms with Crippen molar-refractivity contribution in [3.05, 3.63) is 119 Å². The first-order chi connectivity index (χ1) is 19.1. The van der Waals surface area contributed by atoms with Crippen LogP contribution in [0, 0.1) is 0 Å². The quantitative estimate of drug-likeness (QED) is 0.179. The van der Waals surface area contributed by atoms with Gasteiger partial charge in [-0.15, -0.1) is 11.3 Å². The van der Waals surface area contributed by atoms with Gasteiger partial charge >= 0.3 is 6.61 Å². The molecule has 0 fully saturated rings. The highest BCUT2D eigenvalue weighted by molar-refractivity contribution is 7.07. The molecule has 39 heavy (non-hydrogen) atoms. The number of alkyl halides is 2. The number of hydrogen-bond donors (Lipinski definition) is 0. The zero-order chi connectivity index (χ0) is 27.0. The van der Waals surface area contributed by atoms with Crippen molar-refractivity contribution in [1.29, 1.82) is 0 Å². The summed E-state index contributed by atoms with van der Waals surface area (Å²) < 4.78 is 42.6. The van der Waals surface area contributed by atoms with E-state index in [2.05, 4.69) is 4.74 Å². The number of nitrogens with zero attached hydrogens (tertiary/aromatic N) is 3. The molecule has 0 unspecified atom stereocenters. The van der Waals surface area contributed by atoms with E-state index >= 15 is 0 Å². The molecule has 0 saturated heterocycles. The molecule has 0 amide bonds. The molecule has 4 aromatic carbocycles. The van der Waals surface area contributed by atoms with Gasteiger partial charge in [0, 0.05) is 10.9 Å². The maximum atomic E-state index is 12.6. The maximum absolute atomic E-state index is 12.6. The zero-order valence-corrected chi connectivity index (χ0v) is 21.6. The number of methoxy groups -OCH3 is 1. The maximum Gasteiger partial charge on any atom is 0.387 e. The summed E-state index contributed by atoms with van der Waals surface area (Å²) in [6.45, 7) is -2.89. The second-order valence-corrected chi connectivity index (χ2v) is 9.00. The molecule has 0 aliphatic carbocycles. The van der Waals surface area contributed by atoms with Crippen LogP contribution in [0.25, 0.3) is 11.3 Å². The Hall–Kier alpha value is -4.76. The van der Waals surface area contributed by atoms with Gasteiger partial charge in [0.1, 0.15) is 23.0 Å². The van der Waals surface area contributed by atoms with Gasteiger partial charge in [0.05, 0.1) is 24.7 Å². The Morgan fingerprint density at radius 3 is 2.23 bits per heavy atom. The summed E-state index contributed by atoms with van der Waals surface area (Å²) in [6.07, 6.45) is 1.72. The lowest BCUT2D eigenvalue weighted by atomic mass is 10.2. The van der Waals surface area contributed by atoms with Crippen LogP contribution < -0.4 is 19.0 Å². The SMILES string of the molecule is COc1ccc(N=c2scc(-c3ccc(OC(F)F)cc3)n2N=Cc2cccc(Oc3ccccc3)c2)cc1. The number of ether oxygens (including phenoxy) is 3. The molecule has 5 rings (SSSR count). The van der Waals surface area contributed by atoms with Crippen LogP contribution in [0.1, 0.15) is 5.56 Å². The van der Waals surface area contributed by atoms with Gasteiger partial charge in [-0.05, 0) is 78.4 Å². The molecule has 0 spiro atoms. The number of rotatable bonds is 9. The number of para-hydroxylation sites is 1. The first-order valence-corrected chi connectivity index (χ1v) is 12.8. The first kappa shape index (κ1) is 25.9. The van der Waals surface area contributed by atoms with Gasteiger partial charge in [-0.3, -0.25) is 0 Å². The molecule has 0 atom stereocenters. The van der Waals surface area contributed by atoms with Crippen molar-refractivity contribution in [3.63, 3.8) is 0 Å². The topological polar surface area (TPSA) is 57.3 Å². The third kappa shape index (κ3) is 6.77. The van der Waals surface area contributed by atoms with E-state index in [4.69, 9.17) is 19.6 Å². The highest BCUT2D eigenvalue weighted by atomic mass is 32.1. The predicted octanol–water partition coefficient (Wildman–Crippen LogP) is 7.73. The van der Waals surface area contributed by atoms with Crippen LogP contribution in [0.5, 0.6) is 23.0 Å². The molecule has 0 aliphatic rings. The summed E-state index contributed by atoms with van der Waals surface area (Å²) in [4.78, 5) is 5.39. The van der Waals surface area contributed by atoms with Gasteiger partial charge in [0.15, 0.2) is 0 Å². The van der Waals surface area contributed by atoms with E-state index in [1.807, 2.05) is 84.2 Å². The molecule has 0 N–H and O–H groups in total. The minimum atomic E-state index is -2.89. The molecule has 196 valence electrons. The molecule has 0 bridgehead atoms. The number of thiazole rings is 1. The fourth-order valence-corrected chi connectivity index (χ4v) is 4.53. The summed E-state index contributed by atoms with van der Waals surface area (Å²) in [6, 6.07) is 30.9. The third-order valence-electron chi connectivity index (χ3n) is 5.52. The van der Waals surface area contributed by atoms with E-state index in [1.165, 1.54) is 23.5 Å². The van der Waals surface area contributed by atoms with Gasteiger partial charge in [0.2, 0.25) is 4.80 Å². The molecule has 1 aromatic heterocycles. The summed E-state index contributed by atoms with van der Waals surface area (Å²) in [5, 5.41) is 6.65. The van der Waals surface area contributed by atoms with Crippen LogP contribution >= 0.6 is 11.3 Å². The van der Waals surface area contributed by atoms with E-state index in [1.54, 1.807) is 30.1 Å². The molecule has 9 heteroatoms. The summed E-state index contributed by atoms with van der Waals surface area (Å²) >= 11 is 1.41. The molecular formula is C30H23F2N3O3S. The summed E-state index contributed by atoms with van der Waals surface area (Å²) in [5.41, 5.74) is 3.06. The minimum Gasteiger partial charge on any atom is -0.497 e. The lowest BCUT2D eigenvalue weighted by Gasteiger charge is -2.07. The summed E-state index contributed by atoms with van der Waals surface area (Å²) in [5.74, 6) is 2.23. The van der Waals surface area contributed by atoms with E-state index in [0.717, 1.165) is 34.0 Å². The van der Waals surface area contributed by atoms with Crippen molar-refractivity contribution < 1.29 is 23.0 Å². The summed E-state index contributed by atoms with van der Waals surface area (Å²) in [7, 11) is 1.61. The standard InChI is InChI=1S/C30H23F2N3O3S/c1-36-24-16-12-23(13-17-24)34-30-35(28(20-39-30)22-10-14-26(15-11-22)38-29(31)32)33-19-21-6-5-9-27(18-21)37-25-7-3-2-4-8-25/h2-20,29H,1H3. The van der Waals surface area contributed by atoms with Crippen molar-refractivity contribution >= 4 is 23.2 Å². The van der Waals surface area contributed by atoms with Gasteiger partial charge in [-0.1, -0.05) is 30.3 Å². The largest absolute Gasteiger partial charge is 0.497 e. The number of aromatic nitrogens is 1. The molecule has 0 saturated carbocycles. The van der Waals surface area contributed by atoms with Crippen LogP contribution in [0.2, 0.25) is 0 Å². The molecular weight excluding hydrogens is 520 g/mol. The molecule has 6 nitrogen and oxygen atoms in total. The van der Waals surface area contributed by atoms with Gasteiger partial charge in [-0.25, -0.2) is 9.67 Å². The van der Waals surface area contributed by atoms with Gasteiger partial charge in [-0.2, -0.15) is 13.9 Å². The zero-order valence-electron chi connectivity index (χ0n) is 20.8. The lowest BCUT2D eigenvalue weighted by Crippen LogP contribution is -2.11. The Morgan fingerprint density at radius 1 is 0.795 bits per heavy atom. The third-order valence-corrected chi connectivity index (χ3v) is 6.33. The smallest absolute Gasteiger partial charge is 0.387 e. The molecule has 0 aliphatic heterocycles. The number of benzene rings is 4. The highest BCUT2D eigenvalue weighted by Crippen LogP contribution is 2.25. The van der Waals surface area contributed by atoms with Crippen molar-refractivity contribution in [2.75, 3.05) is 7.11 Å². The Bertz CT molecular complexity index is 1610. The van der Waals surface area contributed by atoms with Crippen molar-refractivity contribution in [3.8, 4) is 34.3 Å². The first-order valence-electron chi connectivity index (χ1n) is 11.9. The van der Waals surface area contributed by atoms with Crippen LogP contribution in [0.3, 0.4) is 0 Å². The predicted molar refractivity (Wildman–Crippen MR) is 149 cm³/mol. The second kappa shape index (κ2) is 12.2. The second-order valence-electron chi connectivity index (χ2n) is 8.16.